The van der Waals surface area contributed by atoms with Crippen LogP contribution < -0.4 is 0 Å². The predicted molar refractivity (Wildman–Crippen MR) is 112 cm³/mol. The van der Waals surface area contributed by atoms with Crippen LogP contribution in [0.3, 0.4) is 0 Å². The van der Waals surface area contributed by atoms with Crippen LogP contribution in [0.25, 0.3) is 0 Å². The van der Waals surface area contributed by atoms with E-state index in [4.69, 9.17) is 4.74 Å². The highest BCUT2D eigenvalue weighted by atomic mass is 16.7. The molecule has 1 aliphatic carbocycles. The Bertz CT molecular complexity index is 909. The van der Waals surface area contributed by atoms with Crippen molar-refractivity contribution in [2.45, 2.75) is 75.0 Å². The van der Waals surface area contributed by atoms with Gasteiger partial charge in [0.1, 0.15) is 24.4 Å². The SMILES string of the molecule is C[C@H](O)[C@H]1O[C@](O)(c2cc(CO)ccc2Cc2ccc(C3CC3)cc2)[C@H](O)[C@@H](O)[C@@H]1O. The van der Waals surface area contributed by atoms with Crippen molar-refractivity contribution >= 4 is 0 Å². The fourth-order valence-electron chi connectivity index (χ4n) is 4.32. The lowest BCUT2D eigenvalue weighted by Crippen LogP contribution is -2.65. The molecule has 2 aliphatic rings. The lowest BCUT2D eigenvalue weighted by Gasteiger charge is -2.47. The number of rotatable bonds is 6. The van der Waals surface area contributed by atoms with Crippen LogP contribution in [0.5, 0.6) is 0 Å². The van der Waals surface area contributed by atoms with Crippen molar-refractivity contribution in [3.8, 4) is 0 Å². The fraction of sp³-hybridized carbons (Fsp3) is 0.500. The molecule has 168 valence electrons. The topological polar surface area (TPSA) is 131 Å². The highest BCUT2D eigenvalue weighted by Crippen LogP contribution is 2.41. The second kappa shape index (κ2) is 8.60. The number of aliphatic hydroxyl groups is 6. The minimum Gasteiger partial charge on any atom is -0.392 e. The summed E-state index contributed by atoms with van der Waals surface area (Å²) >= 11 is 0. The molecule has 0 amide bonds. The van der Waals surface area contributed by atoms with Gasteiger partial charge in [-0.05, 0) is 60.4 Å². The van der Waals surface area contributed by atoms with Gasteiger partial charge in [0.25, 0.3) is 0 Å². The largest absolute Gasteiger partial charge is 0.392 e. The molecule has 0 spiro atoms. The quantitative estimate of drug-likeness (QED) is 0.397. The van der Waals surface area contributed by atoms with E-state index in [1.807, 2.05) is 12.1 Å². The van der Waals surface area contributed by atoms with E-state index in [2.05, 4.69) is 12.1 Å². The van der Waals surface area contributed by atoms with E-state index in [0.29, 0.717) is 23.5 Å². The molecule has 2 fully saturated rings. The van der Waals surface area contributed by atoms with Gasteiger partial charge in [-0.25, -0.2) is 0 Å². The number of hydrogen-bond acceptors (Lipinski definition) is 7. The van der Waals surface area contributed by atoms with Gasteiger partial charge in [-0.1, -0.05) is 36.4 Å². The third-order valence-electron chi connectivity index (χ3n) is 6.37. The Morgan fingerprint density at radius 2 is 1.65 bits per heavy atom. The highest BCUT2D eigenvalue weighted by Gasteiger charge is 2.55. The van der Waals surface area contributed by atoms with Crippen molar-refractivity contribution in [3.05, 3.63) is 70.3 Å². The van der Waals surface area contributed by atoms with E-state index in [-0.39, 0.29) is 12.2 Å². The zero-order valence-electron chi connectivity index (χ0n) is 17.4. The Balaban J connectivity index is 1.71. The maximum Gasteiger partial charge on any atom is 0.222 e. The van der Waals surface area contributed by atoms with Gasteiger partial charge in [0.15, 0.2) is 0 Å². The van der Waals surface area contributed by atoms with Crippen LogP contribution in [-0.4, -0.2) is 61.2 Å². The molecular formula is C24H30O7. The minimum atomic E-state index is -2.38. The first-order valence-electron chi connectivity index (χ1n) is 10.7. The smallest absolute Gasteiger partial charge is 0.222 e. The van der Waals surface area contributed by atoms with Crippen LogP contribution in [0.2, 0.25) is 0 Å². The first-order chi connectivity index (χ1) is 14.7. The van der Waals surface area contributed by atoms with Gasteiger partial charge in [-0.2, -0.15) is 0 Å². The molecule has 7 heteroatoms. The second-order valence-corrected chi connectivity index (χ2v) is 8.79. The van der Waals surface area contributed by atoms with Gasteiger partial charge in [0, 0.05) is 5.56 Å². The van der Waals surface area contributed by atoms with Crippen molar-refractivity contribution in [2.24, 2.45) is 0 Å². The summed E-state index contributed by atoms with van der Waals surface area (Å²) in [6.07, 6.45) is -4.84. The van der Waals surface area contributed by atoms with Gasteiger partial charge < -0.3 is 35.4 Å². The molecule has 1 saturated carbocycles. The van der Waals surface area contributed by atoms with E-state index in [9.17, 15) is 30.6 Å². The summed E-state index contributed by atoms with van der Waals surface area (Å²) in [4.78, 5) is 0. The Labute approximate surface area is 181 Å². The van der Waals surface area contributed by atoms with Crippen molar-refractivity contribution in [3.63, 3.8) is 0 Å². The molecule has 1 aliphatic heterocycles. The third-order valence-corrected chi connectivity index (χ3v) is 6.37. The molecule has 0 unspecified atom stereocenters. The summed E-state index contributed by atoms with van der Waals surface area (Å²) in [6, 6.07) is 13.2. The lowest BCUT2D eigenvalue weighted by molar-refractivity contribution is -0.364. The molecule has 2 aromatic carbocycles. The predicted octanol–water partition coefficient (Wildman–Crippen LogP) is 0.655. The molecule has 0 radical (unpaired) electrons. The van der Waals surface area contributed by atoms with Crippen molar-refractivity contribution in [1.29, 1.82) is 0 Å². The van der Waals surface area contributed by atoms with E-state index in [1.54, 1.807) is 12.1 Å². The van der Waals surface area contributed by atoms with Crippen molar-refractivity contribution in [1.82, 2.24) is 0 Å². The minimum absolute atomic E-state index is 0.175. The molecular weight excluding hydrogens is 400 g/mol. The van der Waals surface area contributed by atoms with Crippen LogP contribution in [-0.2, 0) is 23.6 Å². The van der Waals surface area contributed by atoms with E-state index in [0.717, 1.165) is 5.56 Å². The van der Waals surface area contributed by atoms with Crippen LogP contribution in [0.15, 0.2) is 42.5 Å². The van der Waals surface area contributed by atoms with Crippen LogP contribution in [0.4, 0.5) is 0 Å². The summed E-state index contributed by atoms with van der Waals surface area (Å²) in [5.41, 5.74) is 3.59. The monoisotopic (exact) mass is 430 g/mol. The average Bonchev–Trinajstić information content (AvgIpc) is 3.61. The number of aliphatic hydroxyl groups excluding tert-OH is 5. The van der Waals surface area contributed by atoms with Gasteiger partial charge in [0.2, 0.25) is 5.79 Å². The molecule has 1 saturated heterocycles. The van der Waals surface area contributed by atoms with Gasteiger partial charge in [-0.15, -0.1) is 0 Å². The van der Waals surface area contributed by atoms with E-state index in [1.165, 1.54) is 31.4 Å². The molecule has 6 N–H and O–H groups in total. The number of ether oxygens (including phenoxy) is 1. The van der Waals surface area contributed by atoms with Crippen LogP contribution >= 0.6 is 0 Å². The first-order valence-corrected chi connectivity index (χ1v) is 10.7. The molecule has 31 heavy (non-hydrogen) atoms. The Morgan fingerprint density at radius 1 is 1.00 bits per heavy atom. The standard InChI is InChI=1S/C24H30O7/c1-13(26)22-20(27)21(28)23(29)24(30,31-22)19-11-15(12-25)4-7-18(19)10-14-2-5-16(6-3-14)17-8-9-17/h2-7,11,13,17,20-23,25-30H,8-10,12H2,1H3/t13-,20-,21-,22+,23+,24+/m0/s1. The van der Waals surface area contributed by atoms with Crippen molar-refractivity contribution in [2.75, 3.05) is 0 Å². The van der Waals surface area contributed by atoms with Crippen LogP contribution in [0.1, 0.15) is 53.5 Å². The summed E-state index contributed by atoms with van der Waals surface area (Å²) in [7, 11) is 0. The molecule has 0 aromatic heterocycles. The maximum atomic E-state index is 11.4. The number of hydrogen-bond donors (Lipinski definition) is 6. The zero-order chi connectivity index (χ0) is 22.3. The van der Waals surface area contributed by atoms with E-state index >= 15 is 0 Å². The maximum absolute atomic E-state index is 11.4. The van der Waals surface area contributed by atoms with Gasteiger partial charge in [0.05, 0.1) is 12.7 Å². The van der Waals surface area contributed by atoms with Crippen LogP contribution in [0, 0.1) is 0 Å². The molecule has 4 rings (SSSR count). The Kier molecular flexibility index (Phi) is 6.20. The number of benzene rings is 2. The van der Waals surface area contributed by atoms with Crippen molar-refractivity contribution < 1.29 is 35.4 Å². The summed E-state index contributed by atoms with van der Waals surface area (Å²) in [6.45, 7) is 1.08. The average molecular weight is 430 g/mol. The fourth-order valence-corrected chi connectivity index (χ4v) is 4.32. The molecule has 7 nitrogen and oxygen atoms in total. The summed E-state index contributed by atoms with van der Waals surface area (Å²) < 4.78 is 5.62. The molecule has 1 heterocycles. The Hall–Kier alpha value is -1.84. The normalized spacial score (nSPS) is 32.1. The first kappa shape index (κ1) is 22.4. The summed E-state index contributed by atoms with van der Waals surface area (Å²) in [5.74, 6) is -1.74. The van der Waals surface area contributed by atoms with E-state index < -0.39 is 36.3 Å². The molecule has 2 aromatic rings. The highest BCUT2D eigenvalue weighted by molar-refractivity contribution is 5.40. The molecule has 6 atom stereocenters. The lowest BCUT2D eigenvalue weighted by atomic mass is 9.83. The van der Waals surface area contributed by atoms with Gasteiger partial charge >= 0.3 is 0 Å². The third kappa shape index (κ3) is 4.27. The van der Waals surface area contributed by atoms with Gasteiger partial charge in [-0.3, -0.25) is 0 Å². The Morgan fingerprint density at radius 3 is 2.23 bits per heavy atom. The molecule has 0 bridgehead atoms. The zero-order valence-corrected chi connectivity index (χ0v) is 17.4. The summed E-state index contributed by atoms with van der Waals surface area (Å²) in [5, 5.41) is 62.2. The second-order valence-electron chi connectivity index (χ2n) is 8.79.